The third-order valence-electron chi connectivity index (χ3n) is 3.50. The van der Waals surface area contributed by atoms with Gasteiger partial charge in [0.25, 0.3) is 0 Å². The van der Waals surface area contributed by atoms with Crippen molar-refractivity contribution in [2.45, 2.75) is 57.5 Å². The molecule has 2 rings (SSSR count). The highest BCUT2D eigenvalue weighted by molar-refractivity contribution is 7.99. The average molecular weight is 268 g/mol. The van der Waals surface area contributed by atoms with E-state index in [9.17, 15) is 0 Å². The highest BCUT2D eigenvalue weighted by Crippen LogP contribution is 2.28. The summed E-state index contributed by atoms with van der Waals surface area (Å²) in [5.41, 5.74) is 0. The summed E-state index contributed by atoms with van der Waals surface area (Å²) < 4.78 is 2.03. The summed E-state index contributed by atoms with van der Waals surface area (Å²) in [7, 11) is 0. The highest BCUT2D eigenvalue weighted by Gasteiger charge is 2.23. The van der Waals surface area contributed by atoms with Crippen LogP contribution in [0.25, 0.3) is 0 Å². The van der Waals surface area contributed by atoms with Crippen LogP contribution in [0, 0.1) is 5.92 Å². The molecule has 1 aliphatic rings. The molecule has 2 atom stereocenters. The first kappa shape index (κ1) is 13.9. The number of rotatable bonds is 6. The van der Waals surface area contributed by atoms with Crippen LogP contribution in [0.5, 0.6) is 0 Å². The van der Waals surface area contributed by atoms with Gasteiger partial charge in [0.15, 0.2) is 0 Å². The van der Waals surface area contributed by atoms with E-state index in [-0.39, 0.29) is 0 Å². The summed E-state index contributed by atoms with van der Waals surface area (Å²) in [5, 5.41) is 8.76. The smallest absolute Gasteiger partial charge is 0.140 e. The van der Waals surface area contributed by atoms with E-state index in [2.05, 4.69) is 35.5 Å². The fourth-order valence-corrected chi connectivity index (χ4v) is 3.30. The minimum Gasteiger partial charge on any atom is -0.307 e. The largest absolute Gasteiger partial charge is 0.307 e. The zero-order chi connectivity index (χ0) is 13.0. The van der Waals surface area contributed by atoms with Crippen molar-refractivity contribution in [3.8, 4) is 0 Å². The van der Waals surface area contributed by atoms with E-state index in [0.29, 0.717) is 12.0 Å². The number of thioether (sulfide) groups is 1. The number of nitrogens with one attached hydrogen (secondary N) is 1. The molecule has 1 aromatic rings. The minimum absolute atomic E-state index is 0.609. The van der Waals surface area contributed by atoms with Crippen LogP contribution in [0.3, 0.4) is 0 Å². The molecule has 5 heteroatoms. The van der Waals surface area contributed by atoms with E-state index in [1.165, 1.54) is 19.3 Å². The van der Waals surface area contributed by atoms with E-state index in [0.717, 1.165) is 24.2 Å². The molecular weight excluding hydrogens is 244 g/mol. The van der Waals surface area contributed by atoms with E-state index in [4.69, 9.17) is 0 Å². The van der Waals surface area contributed by atoms with Crippen molar-refractivity contribution >= 4 is 11.8 Å². The first-order valence-electron chi connectivity index (χ1n) is 6.82. The lowest BCUT2D eigenvalue weighted by Gasteiger charge is -2.13. The van der Waals surface area contributed by atoms with Gasteiger partial charge in [-0.2, -0.15) is 16.9 Å². The number of hydrogen-bond acceptors (Lipinski definition) is 4. The van der Waals surface area contributed by atoms with Crippen LogP contribution in [-0.4, -0.2) is 32.3 Å². The van der Waals surface area contributed by atoms with Crippen LogP contribution in [0.4, 0.5) is 0 Å². The molecule has 102 valence electrons. The summed E-state index contributed by atoms with van der Waals surface area (Å²) in [6.07, 6.45) is 7.81. The highest BCUT2D eigenvalue weighted by atomic mass is 32.2. The molecule has 1 N–H and O–H groups in total. The van der Waals surface area contributed by atoms with Gasteiger partial charge in [0, 0.05) is 17.8 Å². The maximum atomic E-state index is 4.35. The van der Waals surface area contributed by atoms with Gasteiger partial charge in [-0.1, -0.05) is 13.8 Å². The molecule has 0 aromatic carbocycles. The lowest BCUT2D eigenvalue weighted by atomic mass is 10.2. The van der Waals surface area contributed by atoms with Crippen LogP contribution in [-0.2, 0) is 13.1 Å². The van der Waals surface area contributed by atoms with Crippen molar-refractivity contribution in [3.63, 3.8) is 0 Å². The topological polar surface area (TPSA) is 42.7 Å². The SMILES string of the molecule is CSC1CCC(NCc2ncnn2CC(C)C)C1. The summed E-state index contributed by atoms with van der Waals surface area (Å²) in [5.74, 6) is 1.68. The number of hydrogen-bond donors (Lipinski definition) is 1. The first-order valence-corrected chi connectivity index (χ1v) is 8.10. The number of nitrogens with zero attached hydrogens (tertiary/aromatic N) is 3. The van der Waals surface area contributed by atoms with Crippen molar-refractivity contribution in [2.75, 3.05) is 6.26 Å². The Morgan fingerprint density at radius 1 is 1.50 bits per heavy atom. The minimum atomic E-state index is 0.609. The van der Waals surface area contributed by atoms with E-state index in [1.54, 1.807) is 6.33 Å². The summed E-state index contributed by atoms with van der Waals surface area (Å²) in [6.45, 7) is 6.21. The standard InChI is InChI=1S/C13H24N4S/c1-10(2)8-17-13(15-9-16-17)7-14-11-4-5-12(6-11)18-3/h9-12,14H,4-8H2,1-3H3. The van der Waals surface area contributed by atoms with E-state index < -0.39 is 0 Å². The monoisotopic (exact) mass is 268 g/mol. The molecule has 18 heavy (non-hydrogen) atoms. The Labute approximate surface area is 114 Å². The second-order valence-corrected chi connectivity index (χ2v) is 6.64. The van der Waals surface area contributed by atoms with Gasteiger partial charge in [-0.05, 0) is 31.4 Å². The van der Waals surface area contributed by atoms with Gasteiger partial charge in [0.05, 0.1) is 6.54 Å². The van der Waals surface area contributed by atoms with Crippen LogP contribution in [0.15, 0.2) is 6.33 Å². The van der Waals surface area contributed by atoms with Gasteiger partial charge in [-0.25, -0.2) is 9.67 Å². The summed E-state index contributed by atoms with van der Waals surface area (Å²) in [6, 6.07) is 0.659. The third kappa shape index (κ3) is 3.72. The van der Waals surface area contributed by atoms with Gasteiger partial charge < -0.3 is 5.32 Å². The molecule has 0 radical (unpaired) electrons. The lowest BCUT2D eigenvalue weighted by molar-refractivity contribution is 0.442. The van der Waals surface area contributed by atoms with E-state index >= 15 is 0 Å². The van der Waals surface area contributed by atoms with Crippen LogP contribution in [0.2, 0.25) is 0 Å². The van der Waals surface area contributed by atoms with Crippen molar-refractivity contribution in [3.05, 3.63) is 12.2 Å². The lowest BCUT2D eigenvalue weighted by Crippen LogP contribution is -2.28. The Morgan fingerprint density at radius 3 is 3.00 bits per heavy atom. The molecule has 1 heterocycles. The molecule has 4 nitrogen and oxygen atoms in total. The van der Waals surface area contributed by atoms with Crippen LogP contribution < -0.4 is 5.32 Å². The fourth-order valence-electron chi connectivity index (χ4n) is 2.50. The molecule has 0 spiro atoms. The average Bonchev–Trinajstić information content (AvgIpc) is 2.94. The van der Waals surface area contributed by atoms with Crippen molar-refractivity contribution in [2.24, 2.45) is 5.92 Å². The van der Waals surface area contributed by atoms with E-state index in [1.807, 2.05) is 16.4 Å². The molecule has 0 saturated heterocycles. The normalized spacial score (nSPS) is 24.0. The Hall–Kier alpha value is -0.550. The van der Waals surface area contributed by atoms with Gasteiger partial charge in [-0.3, -0.25) is 0 Å². The molecule has 1 aromatic heterocycles. The maximum absolute atomic E-state index is 4.35. The predicted octanol–water partition coefficient (Wildman–Crippen LogP) is 2.31. The van der Waals surface area contributed by atoms with Crippen LogP contribution >= 0.6 is 11.8 Å². The molecule has 2 unspecified atom stereocenters. The Morgan fingerprint density at radius 2 is 2.33 bits per heavy atom. The Bertz CT molecular complexity index is 364. The van der Waals surface area contributed by atoms with Crippen molar-refractivity contribution < 1.29 is 0 Å². The molecule has 1 aliphatic carbocycles. The van der Waals surface area contributed by atoms with Gasteiger partial charge in [0.2, 0.25) is 0 Å². The Kier molecular flexibility index (Phi) is 5.06. The second kappa shape index (κ2) is 6.57. The second-order valence-electron chi connectivity index (χ2n) is 5.50. The fraction of sp³-hybridized carbons (Fsp3) is 0.846. The summed E-state index contributed by atoms with van der Waals surface area (Å²) in [4.78, 5) is 4.35. The maximum Gasteiger partial charge on any atom is 0.140 e. The molecule has 1 fully saturated rings. The quantitative estimate of drug-likeness (QED) is 0.860. The third-order valence-corrected chi connectivity index (χ3v) is 4.60. The van der Waals surface area contributed by atoms with Crippen molar-refractivity contribution in [1.82, 2.24) is 20.1 Å². The molecule has 1 saturated carbocycles. The molecule has 0 bridgehead atoms. The zero-order valence-corrected chi connectivity index (χ0v) is 12.4. The Balaban J connectivity index is 1.81. The van der Waals surface area contributed by atoms with Gasteiger partial charge in [-0.15, -0.1) is 0 Å². The predicted molar refractivity (Wildman–Crippen MR) is 76.6 cm³/mol. The van der Waals surface area contributed by atoms with Gasteiger partial charge in [0.1, 0.15) is 12.2 Å². The molecule has 0 aliphatic heterocycles. The van der Waals surface area contributed by atoms with Crippen molar-refractivity contribution in [1.29, 1.82) is 0 Å². The molecule has 0 amide bonds. The summed E-state index contributed by atoms with van der Waals surface area (Å²) >= 11 is 2.00. The molecular formula is C13H24N4S. The van der Waals surface area contributed by atoms with Crippen LogP contribution in [0.1, 0.15) is 38.9 Å². The van der Waals surface area contributed by atoms with Gasteiger partial charge >= 0.3 is 0 Å². The number of aromatic nitrogens is 3. The zero-order valence-electron chi connectivity index (χ0n) is 11.6. The first-order chi connectivity index (χ1) is 8.69.